The lowest BCUT2D eigenvalue weighted by molar-refractivity contribution is -0.121. The summed E-state index contributed by atoms with van der Waals surface area (Å²) in [5, 5.41) is 4.97. The van der Waals surface area contributed by atoms with Crippen LogP contribution in [0.2, 0.25) is 0 Å². The maximum absolute atomic E-state index is 13.8. The molecule has 0 saturated carbocycles. The number of amides is 1. The lowest BCUT2D eigenvalue weighted by atomic mass is 9.95. The molecule has 0 bridgehead atoms. The van der Waals surface area contributed by atoms with Gasteiger partial charge >= 0.3 is 0 Å². The zero-order valence-corrected chi connectivity index (χ0v) is 16.6. The minimum Gasteiger partial charge on any atom is -0.326 e. The molecule has 150 valence electrons. The van der Waals surface area contributed by atoms with Crippen LogP contribution in [-0.4, -0.2) is 28.9 Å². The minimum atomic E-state index is -0.435. The molecule has 1 amide bonds. The second kappa shape index (κ2) is 8.80. The van der Waals surface area contributed by atoms with Crippen molar-refractivity contribution >= 4 is 22.9 Å². The van der Waals surface area contributed by atoms with Crippen molar-refractivity contribution in [1.29, 1.82) is 0 Å². The van der Waals surface area contributed by atoms with E-state index in [1.165, 1.54) is 17.4 Å². The molecule has 1 N–H and O–H groups in total. The van der Waals surface area contributed by atoms with E-state index < -0.39 is 11.6 Å². The van der Waals surface area contributed by atoms with Gasteiger partial charge in [0.2, 0.25) is 5.91 Å². The van der Waals surface area contributed by atoms with Crippen LogP contribution in [0.1, 0.15) is 18.4 Å². The maximum Gasteiger partial charge on any atom is 0.227 e. The molecule has 1 fully saturated rings. The van der Waals surface area contributed by atoms with Crippen LogP contribution in [0.25, 0.3) is 11.3 Å². The number of nitrogens with zero attached hydrogens (tertiary/aromatic N) is 2. The highest BCUT2D eigenvalue weighted by Gasteiger charge is 2.25. The molecule has 0 aliphatic carbocycles. The number of likely N-dealkylation sites (tertiary alicyclic amines) is 1. The van der Waals surface area contributed by atoms with Gasteiger partial charge in [0.15, 0.2) is 0 Å². The van der Waals surface area contributed by atoms with Crippen LogP contribution in [0.15, 0.2) is 53.4 Å². The highest BCUT2D eigenvalue weighted by molar-refractivity contribution is 7.07. The summed E-state index contributed by atoms with van der Waals surface area (Å²) in [5.74, 6) is -0.926. The largest absolute Gasteiger partial charge is 0.326 e. The molecule has 2 heterocycles. The molecule has 0 unspecified atom stereocenters. The van der Waals surface area contributed by atoms with Crippen LogP contribution in [0.3, 0.4) is 0 Å². The smallest absolute Gasteiger partial charge is 0.227 e. The SMILES string of the molecule is O=C(Nc1cccc(-c2cscn2)c1)C1CCN(Cc2cc(F)ccc2F)CC1. The first-order valence-corrected chi connectivity index (χ1v) is 10.5. The summed E-state index contributed by atoms with van der Waals surface area (Å²) >= 11 is 1.53. The quantitative estimate of drug-likeness (QED) is 0.645. The fourth-order valence-corrected chi connectivity index (χ4v) is 4.18. The van der Waals surface area contributed by atoms with Crippen LogP contribution in [0.4, 0.5) is 14.5 Å². The molecule has 1 aliphatic rings. The second-order valence-corrected chi connectivity index (χ2v) is 7.95. The molecule has 3 aromatic rings. The topological polar surface area (TPSA) is 45.2 Å². The molecule has 0 radical (unpaired) electrons. The van der Waals surface area contributed by atoms with Gasteiger partial charge in [0.05, 0.1) is 11.2 Å². The molecule has 0 atom stereocenters. The number of piperidine rings is 1. The number of nitrogens with one attached hydrogen (secondary N) is 1. The van der Waals surface area contributed by atoms with Crippen LogP contribution in [0.5, 0.6) is 0 Å². The van der Waals surface area contributed by atoms with E-state index in [-0.39, 0.29) is 11.8 Å². The van der Waals surface area contributed by atoms with Crippen LogP contribution >= 0.6 is 11.3 Å². The van der Waals surface area contributed by atoms with E-state index in [1.807, 2.05) is 29.6 Å². The number of carbonyl (C=O) groups excluding carboxylic acids is 1. The van der Waals surface area contributed by atoms with Crippen molar-refractivity contribution in [3.05, 3.63) is 70.6 Å². The van der Waals surface area contributed by atoms with Crippen LogP contribution < -0.4 is 5.32 Å². The number of halogens is 2. The van der Waals surface area contributed by atoms with E-state index in [9.17, 15) is 13.6 Å². The van der Waals surface area contributed by atoms with Gasteiger partial charge in [-0.3, -0.25) is 9.69 Å². The lowest BCUT2D eigenvalue weighted by Gasteiger charge is -2.31. The maximum atomic E-state index is 13.8. The second-order valence-electron chi connectivity index (χ2n) is 7.23. The van der Waals surface area contributed by atoms with Gasteiger partial charge in [0.1, 0.15) is 11.6 Å². The zero-order valence-electron chi connectivity index (χ0n) is 15.8. The zero-order chi connectivity index (χ0) is 20.2. The number of thiazole rings is 1. The van der Waals surface area contributed by atoms with E-state index >= 15 is 0 Å². The van der Waals surface area contributed by atoms with Crippen molar-refractivity contribution < 1.29 is 13.6 Å². The Kier molecular flexibility index (Phi) is 5.97. The van der Waals surface area contributed by atoms with Gasteiger partial charge in [0.25, 0.3) is 0 Å². The Morgan fingerprint density at radius 3 is 2.76 bits per heavy atom. The van der Waals surface area contributed by atoms with Crippen molar-refractivity contribution in [3.8, 4) is 11.3 Å². The highest BCUT2D eigenvalue weighted by atomic mass is 32.1. The van der Waals surface area contributed by atoms with Gasteiger partial charge in [-0.1, -0.05) is 12.1 Å². The third-order valence-corrected chi connectivity index (χ3v) is 5.80. The number of hydrogen-bond acceptors (Lipinski definition) is 4. The van der Waals surface area contributed by atoms with Crippen molar-refractivity contribution in [2.75, 3.05) is 18.4 Å². The molecular formula is C22H21F2N3OS. The first kappa shape index (κ1) is 19.7. The third-order valence-electron chi connectivity index (χ3n) is 5.22. The Balaban J connectivity index is 1.32. The van der Waals surface area contributed by atoms with Crippen molar-refractivity contribution in [2.45, 2.75) is 19.4 Å². The van der Waals surface area contributed by atoms with Gasteiger partial charge in [-0.25, -0.2) is 13.8 Å². The van der Waals surface area contributed by atoms with Crippen LogP contribution in [-0.2, 0) is 11.3 Å². The number of hydrogen-bond donors (Lipinski definition) is 1. The molecule has 7 heteroatoms. The Bertz CT molecular complexity index is 985. The van der Waals surface area contributed by atoms with Gasteiger partial charge < -0.3 is 5.32 Å². The average molecular weight is 413 g/mol. The third kappa shape index (κ3) is 4.86. The molecule has 1 aliphatic heterocycles. The van der Waals surface area contributed by atoms with Gasteiger partial charge in [-0.15, -0.1) is 11.3 Å². The van der Waals surface area contributed by atoms with E-state index in [1.54, 1.807) is 5.51 Å². The molecule has 4 nitrogen and oxygen atoms in total. The first-order chi connectivity index (χ1) is 14.1. The number of aromatic nitrogens is 1. The monoisotopic (exact) mass is 413 g/mol. The molecule has 1 saturated heterocycles. The first-order valence-electron chi connectivity index (χ1n) is 9.54. The summed E-state index contributed by atoms with van der Waals surface area (Å²) in [6.45, 7) is 1.70. The molecule has 0 spiro atoms. The molecule has 2 aromatic carbocycles. The predicted molar refractivity (Wildman–Crippen MR) is 111 cm³/mol. The lowest BCUT2D eigenvalue weighted by Crippen LogP contribution is -2.37. The van der Waals surface area contributed by atoms with E-state index in [2.05, 4.69) is 15.2 Å². The molecule has 4 rings (SSSR count). The Labute approximate surface area is 172 Å². The predicted octanol–water partition coefficient (Wildman–Crippen LogP) is 4.94. The Morgan fingerprint density at radius 2 is 2.00 bits per heavy atom. The van der Waals surface area contributed by atoms with Gasteiger partial charge in [-0.05, 0) is 56.3 Å². The number of carbonyl (C=O) groups is 1. The molecule has 29 heavy (non-hydrogen) atoms. The summed E-state index contributed by atoms with van der Waals surface area (Å²) < 4.78 is 27.2. The normalized spacial score (nSPS) is 15.4. The van der Waals surface area contributed by atoms with E-state index in [4.69, 9.17) is 0 Å². The van der Waals surface area contributed by atoms with E-state index in [0.29, 0.717) is 38.0 Å². The average Bonchev–Trinajstić information content (AvgIpc) is 3.26. The number of rotatable bonds is 5. The highest BCUT2D eigenvalue weighted by Crippen LogP contribution is 2.25. The Hall–Kier alpha value is -2.64. The summed E-state index contributed by atoms with van der Waals surface area (Å²) in [4.78, 5) is 19.0. The molecule has 1 aromatic heterocycles. The minimum absolute atomic E-state index is 0.00276. The summed E-state index contributed by atoms with van der Waals surface area (Å²) in [7, 11) is 0. The Morgan fingerprint density at radius 1 is 1.17 bits per heavy atom. The fourth-order valence-electron chi connectivity index (χ4n) is 3.61. The van der Waals surface area contributed by atoms with Crippen molar-refractivity contribution in [3.63, 3.8) is 0 Å². The van der Waals surface area contributed by atoms with Gasteiger partial charge in [-0.2, -0.15) is 0 Å². The summed E-state index contributed by atoms with van der Waals surface area (Å²) in [5.41, 5.74) is 4.75. The summed E-state index contributed by atoms with van der Waals surface area (Å²) in [6, 6.07) is 11.2. The van der Waals surface area contributed by atoms with Crippen LogP contribution in [0, 0.1) is 17.6 Å². The number of anilines is 1. The summed E-state index contributed by atoms with van der Waals surface area (Å²) in [6.07, 6.45) is 1.38. The fraction of sp³-hybridized carbons (Fsp3) is 0.273. The van der Waals surface area contributed by atoms with Gasteiger partial charge in [0, 0.05) is 34.7 Å². The molecular weight excluding hydrogens is 392 g/mol. The van der Waals surface area contributed by atoms with Crippen molar-refractivity contribution in [2.24, 2.45) is 5.92 Å². The van der Waals surface area contributed by atoms with E-state index in [0.717, 1.165) is 29.1 Å². The standard InChI is InChI=1S/C22H21F2N3OS/c23-18-4-5-20(24)17(10-18)12-27-8-6-15(7-9-27)22(28)26-19-3-1-2-16(11-19)21-13-29-14-25-21/h1-5,10-11,13-15H,6-9,12H2,(H,26,28). The van der Waals surface area contributed by atoms with Crippen molar-refractivity contribution in [1.82, 2.24) is 9.88 Å². The number of benzene rings is 2.